The number of rotatable bonds is 8. The monoisotopic (exact) mass is 531 g/mol. The molecule has 0 saturated heterocycles. The van der Waals surface area contributed by atoms with E-state index in [1.54, 1.807) is 18.9 Å². The van der Waals surface area contributed by atoms with Crippen LogP contribution >= 0.6 is 23.1 Å². The molecule has 0 radical (unpaired) electrons. The maximum absolute atomic E-state index is 13.5. The summed E-state index contributed by atoms with van der Waals surface area (Å²) in [5.41, 5.74) is 5.89. The number of methoxy groups -OCH3 is 1. The maximum atomic E-state index is 13.5. The van der Waals surface area contributed by atoms with Crippen LogP contribution in [-0.4, -0.2) is 28.5 Å². The van der Waals surface area contributed by atoms with Crippen LogP contribution in [0.2, 0.25) is 0 Å². The van der Waals surface area contributed by atoms with Gasteiger partial charge in [-0.3, -0.25) is 4.79 Å². The van der Waals surface area contributed by atoms with E-state index in [1.807, 2.05) is 60.3 Å². The van der Waals surface area contributed by atoms with Crippen LogP contribution in [-0.2, 0) is 25.8 Å². The number of ether oxygens (including phenoxy) is 1. The van der Waals surface area contributed by atoms with Gasteiger partial charge >= 0.3 is 0 Å². The molecule has 4 aromatic rings. The predicted molar refractivity (Wildman–Crippen MR) is 149 cm³/mol. The first-order valence-corrected chi connectivity index (χ1v) is 13.9. The number of aryl methyl sites for hydroxylation is 1. The van der Waals surface area contributed by atoms with Gasteiger partial charge in [0.05, 0.1) is 28.5 Å². The van der Waals surface area contributed by atoms with Crippen LogP contribution in [0.15, 0.2) is 82.3 Å². The van der Waals surface area contributed by atoms with Crippen molar-refractivity contribution in [3.63, 3.8) is 0 Å². The molecule has 8 heteroatoms. The molecule has 1 amide bonds. The minimum absolute atomic E-state index is 0.0957. The maximum Gasteiger partial charge on any atom is 0.262 e. The number of nitrogens with one attached hydrogen (secondary N) is 1. The molecule has 0 bridgehead atoms. The average molecular weight is 532 g/mol. The van der Waals surface area contributed by atoms with Crippen molar-refractivity contribution in [2.75, 3.05) is 7.11 Å². The van der Waals surface area contributed by atoms with Crippen molar-refractivity contribution in [2.45, 2.75) is 35.3 Å². The summed E-state index contributed by atoms with van der Waals surface area (Å²) in [6.07, 6.45) is 3.28. The van der Waals surface area contributed by atoms with E-state index in [-0.39, 0.29) is 11.8 Å². The normalized spacial score (nSPS) is 15.9. The zero-order valence-corrected chi connectivity index (χ0v) is 22.4. The fourth-order valence-electron chi connectivity index (χ4n) is 4.72. The number of carbonyl (C=O) groups excluding carboxylic acids is 1. The Morgan fingerprint density at radius 2 is 1.92 bits per heavy atom. The van der Waals surface area contributed by atoms with E-state index in [2.05, 4.69) is 34.7 Å². The first kappa shape index (κ1) is 25.2. The third kappa shape index (κ3) is 5.45. The van der Waals surface area contributed by atoms with Crippen molar-refractivity contribution in [3.05, 3.63) is 106 Å². The van der Waals surface area contributed by atoms with Gasteiger partial charge < -0.3 is 19.8 Å². The number of nitrogens with zero attached hydrogens (tertiary/aromatic N) is 2. The summed E-state index contributed by atoms with van der Waals surface area (Å²) in [6.45, 7) is 0.449. The lowest BCUT2D eigenvalue weighted by molar-refractivity contribution is 0.0953. The van der Waals surface area contributed by atoms with Gasteiger partial charge in [-0.2, -0.15) is 0 Å². The Morgan fingerprint density at radius 1 is 1.14 bits per heavy atom. The highest BCUT2D eigenvalue weighted by atomic mass is 32.2. The molecule has 1 unspecified atom stereocenters. The number of oxime groups is 1. The van der Waals surface area contributed by atoms with E-state index in [9.17, 15) is 10.0 Å². The molecule has 2 aromatic heterocycles. The van der Waals surface area contributed by atoms with E-state index in [0.29, 0.717) is 30.0 Å². The first-order chi connectivity index (χ1) is 18.1. The number of hydrogen-bond acceptors (Lipinski definition) is 6. The van der Waals surface area contributed by atoms with Crippen molar-refractivity contribution in [3.8, 4) is 5.75 Å². The minimum atomic E-state index is -0.0957. The summed E-state index contributed by atoms with van der Waals surface area (Å²) in [7, 11) is 3.62. The molecule has 190 valence electrons. The van der Waals surface area contributed by atoms with E-state index in [0.717, 1.165) is 38.1 Å². The lowest BCUT2D eigenvalue weighted by Crippen LogP contribution is -2.26. The summed E-state index contributed by atoms with van der Waals surface area (Å²) in [4.78, 5) is 14.2. The molecular formula is C29H29N3O3S2. The smallest absolute Gasteiger partial charge is 0.262 e. The highest BCUT2D eigenvalue weighted by Gasteiger charge is 2.34. The molecule has 2 N–H and O–H groups in total. The summed E-state index contributed by atoms with van der Waals surface area (Å²) in [6, 6.07) is 22.2. The minimum Gasteiger partial charge on any atom is -0.497 e. The van der Waals surface area contributed by atoms with E-state index >= 15 is 0 Å². The summed E-state index contributed by atoms with van der Waals surface area (Å²) in [5, 5.41) is 16.9. The van der Waals surface area contributed by atoms with Crippen LogP contribution in [0.1, 0.15) is 50.0 Å². The van der Waals surface area contributed by atoms with E-state index < -0.39 is 0 Å². The lowest BCUT2D eigenvalue weighted by atomic mass is 9.80. The number of aromatic nitrogens is 1. The molecule has 0 aliphatic heterocycles. The van der Waals surface area contributed by atoms with Crippen LogP contribution in [0.4, 0.5) is 0 Å². The fourth-order valence-corrected chi connectivity index (χ4v) is 7.26. The number of thioether (sulfide) groups is 1. The topological polar surface area (TPSA) is 75.8 Å². The SMILES string of the molecule is COc1ccc(C2C/C(=N\O)c3c(SCc4ccccc4)sc(C(=O)NCc4cccn4C)c3C2)cc1. The van der Waals surface area contributed by atoms with Gasteiger partial charge in [0.1, 0.15) is 5.75 Å². The van der Waals surface area contributed by atoms with Gasteiger partial charge in [0.2, 0.25) is 0 Å². The largest absolute Gasteiger partial charge is 0.497 e. The van der Waals surface area contributed by atoms with Crippen LogP contribution in [0.25, 0.3) is 0 Å². The molecule has 1 atom stereocenters. The molecule has 6 nitrogen and oxygen atoms in total. The molecule has 37 heavy (non-hydrogen) atoms. The quantitative estimate of drug-likeness (QED) is 0.161. The second-order valence-corrected chi connectivity index (χ2v) is 11.3. The summed E-state index contributed by atoms with van der Waals surface area (Å²) < 4.78 is 8.34. The van der Waals surface area contributed by atoms with E-state index in [4.69, 9.17) is 4.74 Å². The Labute approximate surface area is 225 Å². The van der Waals surface area contributed by atoms with Gasteiger partial charge in [-0.25, -0.2) is 0 Å². The Hall–Kier alpha value is -3.49. The van der Waals surface area contributed by atoms with Gasteiger partial charge in [0, 0.05) is 36.7 Å². The zero-order valence-electron chi connectivity index (χ0n) is 20.8. The van der Waals surface area contributed by atoms with Gasteiger partial charge in [-0.05, 0) is 53.3 Å². The van der Waals surface area contributed by atoms with Crippen LogP contribution in [0.3, 0.4) is 0 Å². The average Bonchev–Trinajstić information content (AvgIpc) is 3.53. The highest BCUT2D eigenvalue weighted by Crippen LogP contribution is 2.45. The second-order valence-electron chi connectivity index (χ2n) is 9.06. The van der Waals surface area contributed by atoms with E-state index in [1.165, 1.54) is 16.9 Å². The van der Waals surface area contributed by atoms with Gasteiger partial charge in [0.25, 0.3) is 5.91 Å². The Bertz CT molecular complexity index is 1410. The van der Waals surface area contributed by atoms with Crippen molar-refractivity contribution in [1.82, 2.24) is 9.88 Å². The molecule has 5 rings (SSSR count). The third-order valence-corrected chi connectivity index (χ3v) is 9.33. The number of benzene rings is 2. The van der Waals surface area contributed by atoms with Crippen molar-refractivity contribution >= 4 is 34.7 Å². The van der Waals surface area contributed by atoms with Crippen molar-refractivity contribution < 1.29 is 14.7 Å². The summed E-state index contributed by atoms with van der Waals surface area (Å²) in [5.74, 6) is 1.58. The number of thiophene rings is 1. The standard InChI is InChI=1S/C29H29N3O3S2/c1-32-14-6-9-22(32)17-30-28(33)27-24-15-21(20-10-12-23(35-2)13-11-20)16-25(31-34)26(24)29(37-27)36-18-19-7-4-3-5-8-19/h3-14,21,34H,15-18H2,1-2H3,(H,30,33)/b31-25+. The van der Waals surface area contributed by atoms with Gasteiger partial charge in [0.15, 0.2) is 0 Å². The van der Waals surface area contributed by atoms with Gasteiger partial charge in [-0.15, -0.1) is 23.1 Å². The molecule has 2 heterocycles. The van der Waals surface area contributed by atoms with Gasteiger partial charge in [-0.1, -0.05) is 47.6 Å². The molecule has 2 aromatic carbocycles. The van der Waals surface area contributed by atoms with Crippen molar-refractivity contribution in [1.29, 1.82) is 0 Å². The molecular weight excluding hydrogens is 502 g/mol. The Morgan fingerprint density at radius 3 is 2.59 bits per heavy atom. The Kier molecular flexibility index (Phi) is 7.67. The molecule has 0 fully saturated rings. The highest BCUT2D eigenvalue weighted by molar-refractivity contribution is 8.00. The number of amides is 1. The number of carbonyl (C=O) groups is 1. The Balaban J connectivity index is 1.48. The zero-order chi connectivity index (χ0) is 25.8. The van der Waals surface area contributed by atoms with Crippen LogP contribution < -0.4 is 10.1 Å². The number of hydrogen-bond donors (Lipinski definition) is 2. The summed E-state index contributed by atoms with van der Waals surface area (Å²) >= 11 is 3.19. The third-order valence-electron chi connectivity index (χ3n) is 6.76. The second kappa shape index (κ2) is 11.3. The van der Waals surface area contributed by atoms with Crippen LogP contribution in [0, 0.1) is 0 Å². The molecule has 0 saturated carbocycles. The van der Waals surface area contributed by atoms with Crippen molar-refractivity contribution in [2.24, 2.45) is 12.2 Å². The predicted octanol–water partition coefficient (Wildman–Crippen LogP) is 6.23. The first-order valence-electron chi connectivity index (χ1n) is 12.1. The lowest BCUT2D eigenvalue weighted by Gasteiger charge is -2.25. The fraction of sp³-hybridized carbons (Fsp3) is 0.241. The van der Waals surface area contributed by atoms with Crippen LogP contribution in [0.5, 0.6) is 5.75 Å². The number of fused-ring (bicyclic) bond motifs is 1. The molecule has 0 spiro atoms. The molecule has 1 aliphatic carbocycles. The molecule has 1 aliphatic rings.